The number of carbonyl (C=O) groups is 1. The number of halogens is 2. The van der Waals surface area contributed by atoms with Crippen molar-refractivity contribution in [3.8, 4) is 0 Å². The second-order valence-electron chi connectivity index (χ2n) is 3.63. The number of carboxylic acids is 1. The van der Waals surface area contributed by atoms with E-state index in [-0.39, 0.29) is 12.5 Å². The standard InChI is InChI=1S/C11H13BrClNO2/c12-8-1-3-10(13)7(5-8)6-9(14)2-4-11(15)16/h1,3,5,9H,2,4,6,14H2,(H,15,16). The van der Waals surface area contributed by atoms with Crippen molar-refractivity contribution in [1.82, 2.24) is 0 Å². The van der Waals surface area contributed by atoms with Gasteiger partial charge in [0.15, 0.2) is 0 Å². The summed E-state index contributed by atoms with van der Waals surface area (Å²) in [6.45, 7) is 0. The Balaban J connectivity index is 2.58. The summed E-state index contributed by atoms with van der Waals surface area (Å²) in [6.07, 6.45) is 1.14. The van der Waals surface area contributed by atoms with Crippen LogP contribution in [-0.2, 0) is 11.2 Å². The van der Waals surface area contributed by atoms with Gasteiger partial charge in [-0.1, -0.05) is 27.5 Å². The Morgan fingerprint density at radius 2 is 2.25 bits per heavy atom. The molecule has 0 saturated carbocycles. The highest BCUT2D eigenvalue weighted by atomic mass is 79.9. The third-order valence-corrected chi connectivity index (χ3v) is 3.08. The van der Waals surface area contributed by atoms with Crippen LogP contribution in [0.4, 0.5) is 0 Å². The predicted octanol–water partition coefficient (Wildman–Crippen LogP) is 2.84. The molecule has 0 aliphatic carbocycles. The van der Waals surface area contributed by atoms with Crippen molar-refractivity contribution in [1.29, 1.82) is 0 Å². The fourth-order valence-corrected chi connectivity index (χ4v) is 2.00. The molecule has 0 aliphatic heterocycles. The Morgan fingerprint density at radius 3 is 2.88 bits per heavy atom. The van der Waals surface area contributed by atoms with E-state index < -0.39 is 5.97 Å². The van der Waals surface area contributed by atoms with Crippen LogP contribution in [0, 0.1) is 0 Å². The van der Waals surface area contributed by atoms with Crippen LogP contribution in [0.2, 0.25) is 5.02 Å². The SMILES string of the molecule is NC(CCC(=O)O)Cc1cc(Br)ccc1Cl. The van der Waals surface area contributed by atoms with Crippen LogP contribution in [0.15, 0.2) is 22.7 Å². The molecule has 1 rings (SSSR count). The van der Waals surface area contributed by atoms with Crippen molar-refractivity contribution in [3.63, 3.8) is 0 Å². The summed E-state index contributed by atoms with van der Waals surface area (Å²) in [6, 6.07) is 5.38. The third kappa shape index (κ3) is 4.51. The van der Waals surface area contributed by atoms with Crippen LogP contribution in [0.25, 0.3) is 0 Å². The van der Waals surface area contributed by atoms with Gasteiger partial charge in [0, 0.05) is 22.0 Å². The topological polar surface area (TPSA) is 63.3 Å². The fourth-order valence-electron chi connectivity index (χ4n) is 1.39. The molecule has 0 aliphatic rings. The summed E-state index contributed by atoms with van der Waals surface area (Å²) >= 11 is 9.37. The van der Waals surface area contributed by atoms with Crippen LogP contribution in [0.5, 0.6) is 0 Å². The van der Waals surface area contributed by atoms with Crippen LogP contribution in [-0.4, -0.2) is 17.1 Å². The Hall–Kier alpha value is -0.580. The molecule has 0 fully saturated rings. The van der Waals surface area contributed by atoms with Crippen molar-refractivity contribution in [2.75, 3.05) is 0 Å². The lowest BCUT2D eigenvalue weighted by atomic mass is 10.0. The van der Waals surface area contributed by atoms with Crippen molar-refractivity contribution < 1.29 is 9.90 Å². The Bertz CT molecular complexity index is 384. The number of benzene rings is 1. The number of nitrogens with two attached hydrogens (primary N) is 1. The molecular weight excluding hydrogens is 293 g/mol. The maximum absolute atomic E-state index is 10.4. The van der Waals surface area contributed by atoms with Gasteiger partial charge >= 0.3 is 5.97 Å². The molecule has 0 amide bonds. The van der Waals surface area contributed by atoms with Gasteiger partial charge in [-0.15, -0.1) is 0 Å². The van der Waals surface area contributed by atoms with E-state index in [9.17, 15) is 4.79 Å². The smallest absolute Gasteiger partial charge is 0.303 e. The lowest BCUT2D eigenvalue weighted by Crippen LogP contribution is -2.23. The average Bonchev–Trinajstić information content (AvgIpc) is 2.20. The fraction of sp³-hybridized carbons (Fsp3) is 0.364. The van der Waals surface area contributed by atoms with Crippen LogP contribution < -0.4 is 5.73 Å². The minimum atomic E-state index is -0.823. The Morgan fingerprint density at radius 1 is 1.56 bits per heavy atom. The molecule has 0 bridgehead atoms. The first-order chi connectivity index (χ1) is 7.49. The number of rotatable bonds is 5. The van der Waals surface area contributed by atoms with Crippen molar-refractivity contribution in [3.05, 3.63) is 33.3 Å². The van der Waals surface area contributed by atoms with Gasteiger partial charge in [0.25, 0.3) is 0 Å². The molecule has 1 aromatic carbocycles. The molecule has 3 N–H and O–H groups in total. The molecule has 88 valence electrons. The van der Waals surface area contributed by atoms with Gasteiger partial charge in [-0.05, 0) is 36.6 Å². The van der Waals surface area contributed by atoms with E-state index in [0.717, 1.165) is 10.0 Å². The molecule has 0 aromatic heterocycles. The van der Waals surface area contributed by atoms with Crippen LogP contribution in [0.3, 0.4) is 0 Å². The highest BCUT2D eigenvalue weighted by Crippen LogP contribution is 2.22. The molecule has 1 atom stereocenters. The van der Waals surface area contributed by atoms with Gasteiger partial charge in [-0.25, -0.2) is 0 Å². The zero-order valence-electron chi connectivity index (χ0n) is 8.62. The molecule has 5 heteroatoms. The highest BCUT2D eigenvalue weighted by molar-refractivity contribution is 9.10. The summed E-state index contributed by atoms with van der Waals surface area (Å²) in [5.74, 6) is -0.823. The molecule has 1 unspecified atom stereocenters. The van der Waals surface area contributed by atoms with Crippen molar-refractivity contribution in [2.45, 2.75) is 25.3 Å². The van der Waals surface area contributed by atoms with E-state index in [1.807, 2.05) is 12.1 Å². The maximum atomic E-state index is 10.4. The molecular formula is C11H13BrClNO2. The Kier molecular flexibility index (Phi) is 5.25. The van der Waals surface area contributed by atoms with Gasteiger partial charge in [0.05, 0.1) is 0 Å². The van der Waals surface area contributed by atoms with Gasteiger partial charge in [-0.3, -0.25) is 4.79 Å². The second kappa shape index (κ2) is 6.23. The lowest BCUT2D eigenvalue weighted by Gasteiger charge is -2.11. The summed E-state index contributed by atoms with van der Waals surface area (Å²) < 4.78 is 0.942. The lowest BCUT2D eigenvalue weighted by molar-refractivity contribution is -0.137. The first kappa shape index (κ1) is 13.5. The van der Waals surface area contributed by atoms with E-state index in [0.29, 0.717) is 17.9 Å². The minimum absolute atomic E-state index is 0.0901. The summed E-state index contributed by atoms with van der Waals surface area (Å²) in [7, 11) is 0. The average molecular weight is 307 g/mol. The minimum Gasteiger partial charge on any atom is -0.481 e. The predicted molar refractivity (Wildman–Crippen MR) is 67.7 cm³/mol. The first-order valence-electron chi connectivity index (χ1n) is 4.90. The normalized spacial score (nSPS) is 12.4. The number of hydrogen-bond acceptors (Lipinski definition) is 2. The maximum Gasteiger partial charge on any atom is 0.303 e. The van der Waals surface area contributed by atoms with Gasteiger partial charge in [0.2, 0.25) is 0 Å². The highest BCUT2D eigenvalue weighted by Gasteiger charge is 2.09. The first-order valence-corrected chi connectivity index (χ1v) is 6.07. The van der Waals surface area contributed by atoms with E-state index in [1.165, 1.54) is 0 Å². The van der Waals surface area contributed by atoms with E-state index in [4.69, 9.17) is 22.4 Å². The van der Waals surface area contributed by atoms with E-state index in [1.54, 1.807) is 6.07 Å². The van der Waals surface area contributed by atoms with Gasteiger partial charge < -0.3 is 10.8 Å². The van der Waals surface area contributed by atoms with Crippen LogP contribution in [0.1, 0.15) is 18.4 Å². The van der Waals surface area contributed by atoms with Gasteiger partial charge in [0.1, 0.15) is 0 Å². The molecule has 0 heterocycles. The molecule has 0 spiro atoms. The molecule has 0 radical (unpaired) electrons. The molecule has 3 nitrogen and oxygen atoms in total. The number of aliphatic carboxylic acids is 1. The monoisotopic (exact) mass is 305 g/mol. The number of carboxylic acid groups (broad SMARTS) is 1. The summed E-state index contributed by atoms with van der Waals surface area (Å²) in [4.78, 5) is 10.4. The number of hydrogen-bond donors (Lipinski definition) is 2. The van der Waals surface area contributed by atoms with Crippen LogP contribution >= 0.6 is 27.5 Å². The zero-order valence-corrected chi connectivity index (χ0v) is 11.0. The largest absolute Gasteiger partial charge is 0.481 e. The summed E-state index contributed by atoms with van der Waals surface area (Å²) in [5, 5.41) is 9.20. The second-order valence-corrected chi connectivity index (χ2v) is 4.96. The van der Waals surface area contributed by atoms with E-state index in [2.05, 4.69) is 15.9 Å². The Labute approximate surface area is 108 Å². The molecule has 1 aromatic rings. The van der Waals surface area contributed by atoms with Gasteiger partial charge in [-0.2, -0.15) is 0 Å². The van der Waals surface area contributed by atoms with Crippen molar-refractivity contribution >= 4 is 33.5 Å². The van der Waals surface area contributed by atoms with Crippen molar-refractivity contribution in [2.24, 2.45) is 5.73 Å². The quantitative estimate of drug-likeness (QED) is 0.879. The summed E-state index contributed by atoms with van der Waals surface area (Å²) in [5.41, 5.74) is 6.77. The van der Waals surface area contributed by atoms with E-state index >= 15 is 0 Å². The molecule has 16 heavy (non-hydrogen) atoms. The zero-order chi connectivity index (χ0) is 12.1. The molecule has 0 saturated heterocycles. The third-order valence-electron chi connectivity index (χ3n) is 2.22.